The van der Waals surface area contributed by atoms with Crippen molar-refractivity contribution in [2.45, 2.75) is 51.2 Å². The summed E-state index contributed by atoms with van der Waals surface area (Å²) < 4.78 is 23.3. The minimum atomic E-state index is 0.0503. The van der Waals surface area contributed by atoms with Gasteiger partial charge in [0.25, 0.3) is 0 Å². The summed E-state index contributed by atoms with van der Waals surface area (Å²) in [4.78, 5) is 28.2. The molecule has 0 spiro atoms. The van der Waals surface area contributed by atoms with Crippen molar-refractivity contribution in [2.75, 3.05) is 32.6 Å². The summed E-state index contributed by atoms with van der Waals surface area (Å²) in [7, 11) is 3.16. The van der Waals surface area contributed by atoms with Crippen LogP contribution in [0.5, 0.6) is 5.75 Å². The van der Waals surface area contributed by atoms with Crippen LogP contribution in [0.15, 0.2) is 24.5 Å². The minimum absolute atomic E-state index is 0.0503. The summed E-state index contributed by atoms with van der Waals surface area (Å²) in [6.07, 6.45) is 10.4. The molecule has 5 rings (SSSR count). The van der Waals surface area contributed by atoms with E-state index in [1.54, 1.807) is 31.5 Å². The Balaban J connectivity index is 1.43. The Hall–Kier alpha value is -2.66. The predicted octanol–water partition coefficient (Wildman–Crippen LogP) is 4.54. The van der Waals surface area contributed by atoms with Crippen LogP contribution in [0, 0.1) is 5.92 Å². The Morgan fingerprint density at radius 2 is 1.86 bits per heavy atom. The Morgan fingerprint density at radius 1 is 1.09 bits per heavy atom. The first-order chi connectivity index (χ1) is 17.2. The third kappa shape index (κ3) is 5.45. The normalized spacial score (nSPS) is 16.2. The number of fused-ring (bicyclic) bond motifs is 1. The molecule has 0 saturated heterocycles. The molecule has 2 fully saturated rings. The fourth-order valence-corrected chi connectivity index (χ4v) is 5.33. The van der Waals surface area contributed by atoms with Gasteiger partial charge < -0.3 is 18.9 Å². The van der Waals surface area contributed by atoms with Gasteiger partial charge in [0.15, 0.2) is 17.7 Å². The molecule has 2 aliphatic carbocycles. The van der Waals surface area contributed by atoms with Crippen molar-refractivity contribution in [3.05, 3.63) is 30.4 Å². The van der Waals surface area contributed by atoms with E-state index in [9.17, 15) is 4.79 Å². The lowest BCUT2D eigenvalue weighted by atomic mass is 10.1. The van der Waals surface area contributed by atoms with Gasteiger partial charge in [0.2, 0.25) is 5.91 Å². The quantitative estimate of drug-likeness (QED) is 0.356. The molecule has 2 aliphatic rings. The second-order valence-electron chi connectivity index (χ2n) is 8.90. The molecule has 3 aromatic rings. The van der Waals surface area contributed by atoms with Gasteiger partial charge in [0.05, 0.1) is 16.3 Å². The molecule has 186 valence electrons. The molecule has 0 atom stereocenters. The van der Waals surface area contributed by atoms with E-state index in [4.69, 9.17) is 23.9 Å². The monoisotopic (exact) mass is 498 g/mol. The van der Waals surface area contributed by atoms with Crippen LogP contribution in [0.2, 0.25) is 0 Å². The maximum Gasteiger partial charge on any atom is 0.233 e. The molecule has 0 bridgehead atoms. The van der Waals surface area contributed by atoms with Crippen molar-refractivity contribution in [2.24, 2.45) is 5.92 Å². The zero-order chi connectivity index (χ0) is 24.2. The van der Waals surface area contributed by atoms with Gasteiger partial charge in [0, 0.05) is 43.7 Å². The van der Waals surface area contributed by atoms with Crippen molar-refractivity contribution < 1.29 is 23.7 Å². The molecule has 0 unspecified atom stereocenters. The topological polar surface area (TPSA) is 95.9 Å². The fourth-order valence-electron chi connectivity index (χ4n) is 4.27. The van der Waals surface area contributed by atoms with Crippen LogP contribution in [0.3, 0.4) is 0 Å². The number of rotatable bonds is 11. The number of benzene rings is 1. The maximum atomic E-state index is 12.8. The second kappa shape index (κ2) is 10.9. The summed E-state index contributed by atoms with van der Waals surface area (Å²) >= 11 is 1.40. The molecule has 2 heterocycles. The average molecular weight is 499 g/mol. The number of nitrogens with zero attached hydrogens (tertiary/aromatic N) is 4. The van der Waals surface area contributed by atoms with Crippen molar-refractivity contribution >= 4 is 32.6 Å². The van der Waals surface area contributed by atoms with E-state index in [-0.39, 0.29) is 25.3 Å². The lowest BCUT2D eigenvalue weighted by molar-refractivity contribution is -0.120. The molecule has 2 saturated carbocycles. The van der Waals surface area contributed by atoms with Crippen molar-refractivity contribution in [1.82, 2.24) is 15.0 Å². The van der Waals surface area contributed by atoms with Gasteiger partial charge >= 0.3 is 0 Å². The van der Waals surface area contributed by atoms with E-state index in [2.05, 4.69) is 9.97 Å². The first kappa shape index (κ1) is 24.1. The molecular formula is C25H30N4O5S. The molecule has 0 aliphatic heterocycles. The Kier molecular flexibility index (Phi) is 7.52. The molecule has 1 aromatic carbocycles. The standard InChI is InChI=1S/C25H30N4O5S/c1-31-14-29(24(30)16-7-8-16)25-28-20-10-9-19(22(23(20)35-25)34-15-32-2)17-11-26-21(27-12-17)13-33-18-5-3-4-6-18/h9-12,16,18H,3-8,13-15H2,1-2H3. The van der Waals surface area contributed by atoms with Gasteiger partial charge in [-0.2, -0.15) is 0 Å². The number of carbonyl (C=O) groups excluding carboxylic acids is 1. The third-order valence-corrected chi connectivity index (χ3v) is 7.36. The number of hydrogen-bond acceptors (Lipinski definition) is 9. The molecule has 1 amide bonds. The van der Waals surface area contributed by atoms with Gasteiger partial charge in [-0.3, -0.25) is 9.69 Å². The van der Waals surface area contributed by atoms with Crippen LogP contribution in [0.4, 0.5) is 5.13 Å². The lowest BCUT2D eigenvalue weighted by Crippen LogP contribution is -2.33. The highest BCUT2D eigenvalue weighted by atomic mass is 32.1. The van der Waals surface area contributed by atoms with Crippen molar-refractivity contribution in [3.8, 4) is 16.9 Å². The van der Waals surface area contributed by atoms with E-state index < -0.39 is 0 Å². The number of anilines is 1. The first-order valence-electron chi connectivity index (χ1n) is 12.0. The van der Waals surface area contributed by atoms with Crippen molar-refractivity contribution in [1.29, 1.82) is 0 Å². The molecule has 35 heavy (non-hydrogen) atoms. The number of amides is 1. The van der Waals surface area contributed by atoms with E-state index in [0.717, 1.165) is 47.0 Å². The van der Waals surface area contributed by atoms with Gasteiger partial charge in [-0.1, -0.05) is 24.2 Å². The highest BCUT2D eigenvalue weighted by Crippen LogP contribution is 2.43. The molecular weight excluding hydrogens is 468 g/mol. The summed E-state index contributed by atoms with van der Waals surface area (Å²) in [6, 6.07) is 3.86. The molecule has 10 heteroatoms. The van der Waals surface area contributed by atoms with Crippen LogP contribution < -0.4 is 9.64 Å². The zero-order valence-corrected chi connectivity index (χ0v) is 20.9. The number of thiazole rings is 1. The maximum absolute atomic E-state index is 12.8. The highest BCUT2D eigenvalue weighted by Gasteiger charge is 2.35. The fraction of sp³-hybridized carbons (Fsp3) is 0.520. The van der Waals surface area contributed by atoms with Gasteiger partial charge in [-0.15, -0.1) is 0 Å². The van der Waals surface area contributed by atoms with Crippen LogP contribution in [0.25, 0.3) is 21.3 Å². The second-order valence-corrected chi connectivity index (χ2v) is 9.88. The highest BCUT2D eigenvalue weighted by molar-refractivity contribution is 7.22. The molecule has 9 nitrogen and oxygen atoms in total. The summed E-state index contributed by atoms with van der Waals surface area (Å²) in [5.74, 6) is 1.40. The van der Waals surface area contributed by atoms with E-state index in [1.165, 1.54) is 24.2 Å². The largest absolute Gasteiger partial charge is 0.465 e. The molecule has 2 aromatic heterocycles. The number of ether oxygens (including phenoxy) is 4. The number of carbonyl (C=O) groups is 1. The Morgan fingerprint density at radius 3 is 2.54 bits per heavy atom. The molecule has 0 N–H and O–H groups in total. The summed E-state index contributed by atoms with van der Waals surface area (Å²) in [6.45, 7) is 0.657. The summed E-state index contributed by atoms with van der Waals surface area (Å²) in [5, 5.41) is 0.592. The average Bonchev–Trinajstić information content (AvgIpc) is 3.43. The van der Waals surface area contributed by atoms with Crippen LogP contribution in [-0.2, 0) is 25.6 Å². The minimum Gasteiger partial charge on any atom is -0.465 e. The van der Waals surface area contributed by atoms with Gasteiger partial charge in [-0.25, -0.2) is 15.0 Å². The Bertz CT molecular complexity index is 1160. The van der Waals surface area contributed by atoms with Gasteiger partial charge in [-0.05, 0) is 37.8 Å². The number of aromatic nitrogens is 3. The predicted molar refractivity (Wildman–Crippen MR) is 132 cm³/mol. The number of hydrogen-bond donors (Lipinski definition) is 0. The van der Waals surface area contributed by atoms with E-state index in [0.29, 0.717) is 29.4 Å². The first-order valence-corrected chi connectivity index (χ1v) is 12.8. The third-order valence-electron chi connectivity index (χ3n) is 6.27. The molecule has 0 radical (unpaired) electrons. The summed E-state index contributed by atoms with van der Waals surface area (Å²) in [5.41, 5.74) is 2.40. The van der Waals surface area contributed by atoms with Crippen molar-refractivity contribution in [3.63, 3.8) is 0 Å². The van der Waals surface area contributed by atoms with Crippen LogP contribution in [0.1, 0.15) is 44.3 Å². The van der Waals surface area contributed by atoms with Crippen LogP contribution in [-0.4, -0.2) is 54.7 Å². The van der Waals surface area contributed by atoms with Gasteiger partial charge in [0.1, 0.15) is 19.1 Å². The zero-order valence-electron chi connectivity index (χ0n) is 20.1. The SMILES string of the molecule is COCOc1c(-c2cnc(COC3CCCC3)nc2)ccc2nc(N(COC)C(=O)C3CC3)sc12. The smallest absolute Gasteiger partial charge is 0.233 e. The lowest BCUT2D eigenvalue weighted by Gasteiger charge is -2.18. The van der Waals surface area contributed by atoms with E-state index >= 15 is 0 Å². The van der Waals surface area contributed by atoms with E-state index in [1.807, 2.05) is 12.1 Å². The number of methoxy groups -OCH3 is 2. The van der Waals surface area contributed by atoms with Crippen LogP contribution >= 0.6 is 11.3 Å². The Labute approximate surface area is 208 Å².